The summed E-state index contributed by atoms with van der Waals surface area (Å²) in [4.78, 5) is 11.7. The van der Waals surface area contributed by atoms with Gasteiger partial charge in [0.05, 0.1) is 18.7 Å². The summed E-state index contributed by atoms with van der Waals surface area (Å²) in [5, 5.41) is 14.9. The molecule has 0 saturated carbocycles. The van der Waals surface area contributed by atoms with Gasteiger partial charge >= 0.3 is 0 Å². The highest BCUT2D eigenvalue weighted by Gasteiger charge is 2.42. The molecule has 3 N–H and O–H groups in total. The Morgan fingerprint density at radius 3 is 2.62 bits per heavy atom. The van der Waals surface area contributed by atoms with E-state index in [-0.39, 0.29) is 19.0 Å². The van der Waals surface area contributed by atoms with Gasteiger partial charge in [0.2, 0.25) is 5.91 Å². The molecule has 1 heterocycles. The van der Waals surface area contributed by atoms with Gasteiger partial charge in [-0.1, -0.05) is 29.8 Å². The van der Waals surface area contributed by atoms with Crippen molar-refractivity contribution in [2.24, 2.45) is 0 Å². The summed E-state index contributed by atoms with van der Waals surface area (Å²) in [5.74, 6) is -3.34. The van der Waals surface area contributed by atoms with E-state index >= 15 is 0 Å². The Morgan fingerprint density at radius 2 is 2.10 bits per heavy atom. The van der Waals surface area contributed by atoms with Crippen LogP contribution < -0.4 is 10.6 Å². The van der Waals surface area contributed by atoms with Crippen LogP contribution >= 0.6 is 12.4 Å². The number of aliphatic hydroxyl groups excluding tert-OH is 1. The number of hydrogen-bond acceptors (Lipinski definition) is 3. The van der Waals surface area contributed by atoms with Gasteiger partial charge in [0, 0.05) is 13.0 Å². The molecule has 0 aliphatic carbocycles. The van der Waals surface area contributed by atoms with E-state index in [1.165, 1.54) is 0 Å². The van der Waals surface area contributed by atoms with Crippen LogP contribution in [0.3, 0.4) is 0 Å². The van der Waals surface area contributed by atoms with Crippen molar-refractivity contribution in [3.63, 3.8) is 0 Å². The molecule has 0 spiro atoms. The number of alkyl halides is 2. The minimum atomic E-state index is -2.84. The fraction of sp³-hybridized carbons (Fsp3) is 0.500. The Bertz CT molecular complexity index is 482. The SMILES string of the molecule is Cc1ccc(C(O)CNC(=O)C2CC(F)(F)CN2)cc1.Cl. The van der Waals surface area contributed by atoms with Crippen molar-refractivity contribution < 1.29 is 18.7 Å². The fourth-order valence-corrected chi connectivity index (χ4v) is 2.13. The average Bonchev–Trinajstić information content (AvgIpc) is 2.77. The molecule has 0 radical (unpaired) electrons. The Morgan fingerprint density at radius 1 is 1.48 bits per heavy atom. The maximum atomic E-state index is 13.0. The molecule has 1 saturated heterocycles. The number of benzene rings is 1. The third-order valence-corrected chi connectivity index (χ3v) is 3.36. The predicted octanol–water partition coefficient (Wildman–Crippen LogP) is 1.56. The van der Waals surface area contributed by atoms with Crippen LogP contribution in [0.25, 0.3) is 0 Å². The van der Waals surface area contributed by atoms with Gasteiger partial charge in [-0.25, -0.2) is 8.78 Å². The molecule has 0 aromatic heterocycles. The van der Waals surface area contributed by atoms with E-state index < -0.39 is 36.9 Å². The first kappa shape index (κ1) is 17.8. The Kier molecular flexibility index (Phi) is 6.07. The van der Waals surface area contributed by atoms with Crippen LogP contribution in [0, 0.1) is 6.92 Å². The van der Waals surface area contributed by atoms with Gasteiger partial charge in [0.1, 0.15) is 0 Å². The minimum Gasteiger partial charge on any atom is -0.387 e. The molecule has 1 fully saturated rings. The summed E-state index contributed by atoms with van der Waals surface area (Å²) in [5.41, 5.74) is 1.75. The van der Waals surface area contributed by atoms with E-state index in [0.29, 0.717) is 5.56 Å². The molecule has 1 aliphatic rings. The smallest absolute Gasteiger partial charge is 0.262 e. The van der Waals surface area contributed by atoms with Gasteiger partial charge in [0.15, 0.2) is 0 Å². The topological polar surface area (TPSA) is 61.4 Å². The van der Waals surface area contributed by atoms with Gasteiger partial charge < -0.3 is 10.4 Å². The number of carbonyl (C=O) groups excluding carboxylic acids is 1. The quantitative estimate of drug-likeness (QED) is 0.789. The van der Waals surface area contributed by atoms with Gasteiger partial charge in [-0.2, -0.15) is 0 Å². The molecule has 21 heavy (non-hydrogen) atoms. The number of nitrogens with one attached hydrogen (secondary N) is 2. The van der Waals surface area contributed by atoms with Crippen molar-refractivity contribution in [2.75, 3.05) is 13.1 Å². The molecule has 1 aromatic rings. The highest BCUT2D eigenvalue weighted by Crippen LogP contribution is 2.25. The van der Waals surface area contributed by atoms with Crippen molar-refractivity contribution in [1.29, 1.82) is 0 Å². The number of halogens is 3. The molecule has 2 atom stereocenters. The molecule has 7 heteroatoms. The number of aryl methyl sites for hydroxylation is 1. The van der Waals surface area contributed by atoms with Crippen LogP contribution in [0.4, 0.5) is 8.78 Å². The summed E-state index contributed by atoms with van der Waals surface area (Å²) in [6.45, 7) is 1.46. The first-order valence-corrected chi connectivity index (χ1v) is 6.51. The number of aliphatic hydroxyl groups is 1. The monoisotopic (exact) mass is 320 g/mol. The van der Waals surface area contributed by atoms with E-state index in [9.17, 15) is 18.7 Å². The summed E-state index contributed by atoms with van der Waals surface area (Å²) in [6, 6.07) is 6.37. The third-order valence-electron chi connectivity index (χ3n) is 3.36. The second-order valence-corrected chi connectivity index (χ2v) is 5.17. The Hall–Kier alpha value is -1.24. The molecule has 0 bridgehead atoms. The van der Waals surface area contributed by atoms with Crippen LogP contribution in [0.2, 0.25) is 0 Å². The molecule has 118 valence electrons. The first-order chi connectivity index (χ1) is 9.37. The molecule has 2 unspecified atom stereocenters. The van der Waals surface area contributed by atoms with Crippen LogP contribution in [0.1, 0.15) is 23.7 Å². The molecule has 4 nitrogen and oxygen atoms in total. The lowest BCUT2D eigenvalue weighted by Crippen LogP contribution is -2.41. The first-order valence-electron chi connectivity index (χ1n) is 6.51. The highest BCUT2D eigenvalue weighted by molar-refractivity contribution is 5.85. The average molecular weight is 321 g/mol. The summed E-state index contributed by atoms with van der Waals surface area (Å²) in [6.07, 6.45) is -1.35. The molecule has 1 aromatic carbocycles. The van der Waals surface area contributed by atoms with Gasteiger partial charge in [-0.05, 0) is 12.5 Å². The van der Waals surface area contributed by atoms with Crippen molar-refractivity contribution in [3.05, 3.63) is 35.4 Å². The lowest BCUT2D eigenvalue weighted by molar-refractivity contribution is -0.123. The highest BCUT2D eigenvalue weighted by atomic mass is 35.5. The summed E-state index contributed by atoms with van der Waals surface area (Å²) in [7, 11) is 0. The third kappa shape index (κ3) is 4.91. The fourth-order valence-electron chi connectivity index (χ4n) is 2.13. The maximum absolute atomic E-state index is 13.0. The predicted molar refractivity (Wildman–Crippen MR) is 77.8 cm³/mol. The summed E-state index contributed by atoms with van der Waals surface area (Å²) < 4.78 is 25.9. The van der Waals surface area contributed by atoms with Gasteiger partial charge in [0.25, 0.3) is 5.92 Å². The van der Waals surface area contributed by atoms with Crippen molar-refractivity contribution in [2.45, 2.75) is 31.4 Å². The Balaban J connectivity index is 0.00000220. The van der Waals surface area contributed by atoms with Gasteiger partial charge in [-0.15, -0.1) is 12.4 Å². The minimum absolute atomic E-state index is 0. The second-order valence-electron chi connectivity index (χ2n) is 5.17. The largest absolute Gasteiger partial charge is 0.387 e. The van der Waals surface area contributed by atoms with Gasteiger partial charge in [-0.3, -0.25) is 10.1 Å². The molecule has 1 aliphatic heterocycles. The molecule has 1 amide bonds. The molecular formula is C14H19ClF2N2O2. The zero-order valence-corrected chi connectivity index (χ0v) is 12.4. The number of amides is 1. The van der Waals surface area contributed by atoms with Crippen LogP contribution in [-0.2, 0) is 4.79 Å². The van der Waals surface area contributed by atoms with E-state index in [4.69, 9.17) is 0 Å². The molecule has 2 rings (SSSR count). The Labute approximate surface area is 128 Å². The van der Waals surface area contributed by atoms with Crippen LogP contribution in [0.15, 0.2) is 24.3 Å². The zero-order chi connectivity index (χ0) is 14.8. The lowest BCUT2D eigenvalue weighted by Gasteiger charge is -2.15. The standard InChI is InChI=1S/C14H18F2N2O2.ClH/c1-9-2-4-10(5-3-9)12(19)7-17-13(20)11-6-14(15,16)8-18-11;/h2-5,11-12,18-19H,6-8H2,1H3,(H,17,20);1H. The van der Waals surface area contributed by atoms with Crippen LogP contribution in [-0.4, -0.2) is 36.1 Å². The second kappa shape index (κ2) is 7.15. The van der Waals surface area contributed by atoms with E-state index in [1.54, 1.807) is 12.1 Å². The normalized spacial score (nSPS) is 21.4. The number of carbonyl (C=O) groups is 1. The van der Waals surface area contributed by atoms with Crippen LogP contribution in [0.5, 0.6) is 0 Å². The zero-order valence-electron chi connectivity index (χ0n) is 11.6. The number of rotatable bonds is 4. The maximum Gasteiger partial charge on any atom is 0.262 e. The van der Waals surface area contributed by atoms with Crippen molar-refractivity contribution in [1.82, 2.24) is 10.6 Å². The lowest BCUT2D eigenvalue weighted by atomic mass is 10.1. The van der Waals surface area contributed by atoms with E-state index in [1.807, 2.05) is 19.1 Å². The van der Waals surface area contributed by atoms with E-state index in [2.05, 4.69) is 10.6 Å². The molecular weight excluding hydrogens is 302 g/mol. The van der Waals surface area contributed by atoms with E-state index in [0.717, 1.165) is 5.56 Å². The van der Waals surface area contributed by atoms with Crippen molar-refractivity contribution >= 4 is 18.3 Å². The number of hydrogen-bond donors (Lipinski definition) is 3. The summed E-state index contributed by atoms with van der Waals surface area (Å²) >= 11 is 0. The van der Waals surface area contributed by atoms with Crippen molar-refractivity contribution in [3.8, 4) is 0 Å².